The number of carbonyl (C=O) groups is 1. The maximum atomic E-state index is 10.8. The molecule has 0 aromatic rings. The zero-order chi connectivity index (χ0) is 17.2. The van der Waals surface area contributed by atoms with Gasteiger partial charge in [-0.2, -0.15) is 0 Å². The highest BCUT2D eigenvalue weighted by atomic mass is 16.4. The first kappa shape index (κ1) is 21.1. The molecule has 0 aliphatic heterocycles. The number of hydrogen-bond donors (Lipinski definition) is 3. The summed E-state index contributed by atoms with van der Waals surface area (Å²) in [6.45, 7) is 7.31. The number of aliphatic hydroxyl groups is 2. The van der Waals surface area contributed by atoms with Gasteiger partial charge in [0.15, 0.2) is 0 Å². The van der Waals surface area contributed by atoms with Crippen LogP contribution >= 0.6 is 0 Å². The van der Waals surface area contributed by atoms with E-state index in [1.807, 2.05) is 26.0 Å². The summed E-state index contributed by atoms with van der Waals surface area (Å²) in [4.78, 5) is 10.8. The van der Waals surface area contributed by atoms with Crippen LogP contribution < -0.4 is 0 Å². The Bertz CT molecular complexity index is 345. The summed E-state index contributed by atoms with van der Waals surface area (Å²) in [6.07, 6.45) is 9.61. The highest BCUT2D eigenvalue weighted by molar-refractivity contribution is 5.69. The van der Waals surface area contributed by atoms with Crippen molar-refractivity contribution >= 4 is 5.97 Å². The summed E-state index contributed by atoms with van der Waals surface area (Å²) >= 11 is 0. The third-order valence-electron chi connectivity index (χ3n) is 4.29. The molecule has 0 saturated carbocycles. The molecule has 0 amide bonds. The van der Waals surface area contributed by atoms with Gasteiger partial charge in [-0.25, -0.2) is 0 Å². The quantitative estimate of drug-likeness (QED) is 0.477. The molecule has 0 saturated heterocycles. The van der Waals surface area contributed by atoms with E-state index in [0.29, 0.717) is 32.1 Å². The van der Waals surface area contributed by atoms with Crippen LogP contribution in [0.1, 0.15) is 79.1 Å². The molecule has 3 atom stereocenters. The van der Waals surface area contributed by atoms with Crippen molar-refractivity contribution in [1.29, 1.82) is 0 Å². The van der Waals surface area contributed by atoms with Crippen LogP contribution in [0.3, 0.4) is 0 Å². The fourth-order valence-corrected chi connectivity index (χ4v) is 2.57. The van der Waals surface area contributed by atoms with Gasteiger partial charge in [-0.3, -0.25) is 4.79 Å². The molecule has 0 rings (SSSR count). The lowest BCUT2D eigenvalue weighted by Gasteiger charge is -2.27. The number of aliphatic carboxylic acids is 1. The molecule has 3 N–H and O–H groups in total. The highest BCUT2D eigenvalue weighted by Crippen LogP contribution is 2.26. The van der Waals surface area contributed by atoms with E-state index in [-0.39, 0.29) is 5.92 Å². The molecule has 22 heavy (non-hydrogen) atoms. The van der Waals surface area contributed by atoms with E-state index < -0.39 is 17.2 Å². The van der Waals surface area contributed by atoms with Crippen molar-refractivity contribution in [3.8, 4) is 0 Å². The summed E-state index contributed by atoms with van der Waals surface area (Å²) in [6, 6.07) is 0. The molecule has 0 aromatic heterocycles. The third kappa shape index (κ3) is 10.8. The first-order valence-corrected chi connectivity index (χ1v) is 8.38. The molecule has 0 heterocycles. The van der Waals surface area contributed by atoms with Crippen LogP contribution in [-0.4, -0.2) is 32.5 Å². The summed E-state index contributed by atoms with van der Waals surface area (Å²) in [5.41, 5.74) is -1.47. The van der Waals surface area contributed by atoms with Gasteiger partial charge in [0.25, 0.3) is 0 Å². The van der Waals surface area contributed by atoms with E-state index in [1.165, 1.54) is 0 Å². The average molecular weight is 314 g/mol. The van der Waals surface area contributed by atoms with Crippen molar-refractivity contribution < 1.29 is 20.1 Å². The predicted octanol–water partition coefficient (Wildman–Crippen LogP) is 3.91. The summed E-state index contributed by atoms with van der Waals surface area (Å²) in [5, 5.41) is 29.4. The molecular formula is C18H34O4. The molecule has 0 aliphatic carbocycles. The zero-order valence-electron chi connectivity index (χ0n) is 14.6. The minimum atomic E-state index is -0.781. The van der Waals surface area contributed by atoms with Crippen LogP contribution in [0.2, 0.25) is 0 Å². The van der Waals surface area contributed by atoms with E-state index in [0.717, 1.165) is 19.3 Å². The number of carboxylic acids is 1. The van der Waals surface area contributed by atoms with Crippen LogP contribution in [0, 0.1) is 5.92 Å². The van der Waals surface area contributed by atoms with E-state index in [1.54, 1.807) is 13.8 Å². The third-order valence-corrected chi connectivity index (χ3v) is 4.29. The van der Waals surface area contributed by atoms with Gasteiger partial charge >= 0.3 is 5.97 Å². The lowest BCUT2D eigenvalue weighted by molar-refractivity contribution is -0.141. The van der Waals surface area contributed by atoms with Crippen molar-refractivity contribution in [3.05, 3.63) is 12.2 Å². The van der Waals surface area contributed by atoms with E-state index >= 15 is 0 Å². The van der Waals surface area contributed by atoms with Gasteiger partial charge in [-0.05, 0) is 72.1 Å². The number of carboxylic acid groups (broad SMARTS) is 1. The molecule has 4 nitrogen and oxygen atoms in total. The summed E-state index contributed by atoms with van der Waals surface area (Å²) < 4.78 is 0. The first-order chi connectivity index (χ1) is 10.1. The summed E-state index contributed by atoms with van der Waals surface area (Å²) in [5.74, 6) is -1.14. The molecular weight excluding hydrogens is 280 g/mol. The van der Waals surface area contributed by atoms with Crippen LogP contribution in [0.4, 0.5) is 0 Å². The smallest absolute Gasteiger partial charge is 0.306 e. The Morgan fingerprint density at radius 1 is 1.05 bits per heavy atom. The monoisotopic (exact) mass is 314 g/mol. The Morgan fingerprint density at radius 3 is 2.05 bits per heavy atom. The zero-order valence-corrected chi connectivity index (χ0v) is 14.6. The lowest BCUT2D eigenvalue weighted by atomic mass is 9.87. The van der Waals surface area contributed by atoms with Gasteiger partial charge in [0.2, 0.25) is 0 Å². The topological polar surface area (TPSA) is 77.8 Å². The predicted molar refractivity (Wildman–Crippen MR) is 89.8 cm³/mol. The standard InChI is InChI=1S/C18H34O4/c1-5-6-7-11-17(3,21)13-9-14-18(4,22)12-8-10-15(2)16(19)20/h5-6,15,21-22H,7-14H2,1-4H3,(H,19,20). The Balaban J connectivity index is 3.98. The molecule has 0 aliphatic rings. The SMILES string of the molecule is CC=CCCC(C)(O)CCCC(C)(O)CCCC(C)C(=O)O. The van der Waals surface area contributed by atoms with E-state index in [4.69, 9.17) is 5.11 Å². The molecule has 0 fully saturated rings. The van der Waals surface area contributed by atoms with Crippen molar-refractivity contribution in [1.82, 2.24) is 0 Å². The van der Waals surface area contributed by atoms with Crippen molar-refractivity contribution in [2.75, 3.05) is 0 Å². The number of hydrogen-bond acceptors (Lipinski definition) is 3. The van der Waals surface area contributed by atoms with Crippen molar-refractivity contribution in [2.45, 2.75) is 90.3 Å². The largest absolute Gasteiger partial charge is 0.481 e. The molecule has 0 bridgehead atoms. The second-order valence-corrected chi connectivity index (χ2v) is 7.09. The number of rotatable bonds is 12. The maximum absolute atomic E-state index is 10.8. The molecule has 130 valence electrons. The Hall–Kier alpha value is -0.870. The highest BCUT2D eigenvalue weighted by Gasteiger charge is 2.24. The second kappa shape index (κ2) is 10.0. The average Bonchev–Trinajstić information content (AvgIpc) is 2.37. The van der Waals surface area contributed by atoms with Crippen molar-refractivity contribution in [3.63, 3.8) is 0 Å². The second-order valence-electron chi connectivity index (χ2n) is 7.09. The van der Waals surface area contributed by atoms with Gasteiger partial charge in [0, 0.05) is 0 Å². The van der Waals surface area contributed by atoms with Crippen molar-refractivity contribution in [2.24, 2.45) is 5.92 Å². The normalized spacial score (nSPS) is 18.8. The Morgan fingerprint density at radius 2 is 1.55 bits per heavy atom. The maximum Gasteiger partial charge on any atom is 0.306 e. The Kier molecular flexibility index (Phi) is 9.61. The van der Waals surface area contributed by atoms with Crippen LogP contribution in [-0.2, 0) is 4.79 Å². The van der Waals surface area contributed by atoms with Crippen LogP contribution in [0.25, 0.3) is 0 Å². The van der Waals surface area contributed by atoms with Crippen LogP contribution in [0.5, 0.6) is 0 Å². The molecule has 0 aromatic carbocycles. The van der Waals surface area contributed by atoms with Crippen LogP contribution in [0.15, 0.2) is 12.2 Å². The number of allylic oxidation sites excluding steroid dienone is 2. The van der Waals surface area contributed by atoms with E-state index in [2.05, 4.69) is 0 Å². The fourth-order valence-electron chi connectivity index (χ4n) is 2.57. The van der Waals surface area contributed by atoms with E-state index in [9.17, 15) is 15.0 Å². The van der Waals surface area contributed by atoms with Gasteiger partial charge in [-0.1, -0.05) is 19.1 Å². The van der Waals surface area contributed by atoms with Gasteiger partial charge in [0.1, 0.15) is 0 Å². The fraction of sp³-hybridized carbons (Fsp3) is 0.833. The minimum absolute atomic E-state index is 0.358. The van der Waals surface area contributed by atoms with Gasteiger partial charge in [0.05, 0.1) is 17.1 Å². The molecule has 3 unspecified atom stereocenters. The van der Waals surface area contributed by atoms with Gasteiger partial charge in [-0.15, -0.1) is 0 Å². The summed E-state index contributed by atoms with van der Waals surface area (Å²) in [7, 11) is 0. The molecule has 0 spiro atoms. The minimum Gasteiger partial charge on any atom is -0.481 e. The first-order valence-electron chi connectivity index (χ1n) is 8.38. The lowest BCUT2D eigenvalue weighted by Crippen LogP contribution is -2.28. The van der Waals surface area contributed by atoms with Gasteiger partial charge < -0.3 is 15.3 Å². The molecule has 0 radical (unpaired) electrons. The molecule has 4 heteroatoms. The Labute approximate surface area is 135 Å².